The lowest BCUT2D eigenvalue weighted by molar-refractivity contribution is -0.145. The number of esters is 1. The van der Waals surface area contributed by atoms with Crippen LogP contribution < -0.4 is 5.32 Å². The lowest BCUT2D eigenvalue weighted by atomic mass is 10.2. The number of hydrogen-bond donors (Lipinski definition) is 1. The van der Waals surface area contributed by atoms with Gasteiger partial charge in [-0.1, -0.05) is 0 Å². The van der Waals surface area contributed by atoms with Crippen LogP contribution in [0.25, 0.3) is 0 Å². The number of nitrogens with one attached hydrogen (secondary N) is 1. The minimum atomic E-state index is -0.100. The van der Waals surface area contributed by atoms with Crippen LogP contribution >= 0.6 is 0 Å². The smallest absolute Gasteiger partial charge is 0.323 e. The van der Waals surface area contributed by atoms with Crippen molar-refractivity contribution in [2.24, 2.45) is 0 Å². The molecule has 64 valence electrons. The zero-order valence-corrected chi connectivity index (χ0v) is 7.09. The molecule has 0 radical (unpaired) electrons. The van der Waals surface area contributed by atoms with Crippen LogP contribution in [-0.4, -0.2) is 24.7 Å². The summed E-state index contributed by atoms with van der Waals surface area (Å²) in [6, 6.07) is 0.411. The fourth-order valence-electron chi connectivity index (χ4n) is 1.36. The molecule has 0 aromatic carbocycles. The molecule has 1 N–H and O–H groups in total. The van der Waals surface area contributed by atoms with Crippen LogP contribution in [0, 0.1) is 0 Å². The van der Waals surface area contributed by atoms with Gasteiger partial charge in [0, 0.05) is 6.04 Å². The van der Waals surface area contributed by atoms with Gasteiger partial charge in [-0.15, -0.1) is 0 Å². The first kappa shape index (κ1) is 8.53. The van der Waals surface area contributed by atoms with E-state index < -0.39 is 0 Å². The number of rotatable bonds is 2. The number of carbonyl (C=O) groups excluding carboxylic acids is 1. The summed E-state index contributed by atoms with van der Waals surface area (Å²) >= 11 is 0. The standard InChI is InChI=1S/C8H15NO2/c1-3-11-8(10)7-5-4-6(2)9-7/h6-7,9H,3-5H2,1-2H3/t6-,7-/m0/s1. The highest BCUT2D eigenvalue weighted by Crippen LogP contribution is 2.12. The van der Waals surface area contributed by atoms with Gasteiger partial charge in [-0.25, -0.2) is 0 Å². The summed E-state index contributed by atoms with van der Waals surface area (Å²) in [4.78, 5) is 11.1. The van der Waals surface area contributed by atoms with E-state index in [1.54, 1.807) is 0 Å². The average Bonchev–Trinajstić information content (AvgIpc) is 2.36. The number of hydrogen-bond acceptors (Lipinski definition) is 3. The average molecular weight is 157 g/mol. The zero-order chi connectivity index (χ0) is 8.27. The summed E-state index contributed by atoms with van der Waals surface area (Å²) in [6.07, 6.45) is 1.99. The monoisotopic (exact) mass is 157 g/mol. The largest absolute Gasteiger partial charge is 0.465 e. The van der Waals surface area contributed by atoms with E-state index >= 15 is 0 Å². The van der Waals surface area contributed by atoms with Crippen LogP contribution in [0.5, 0.6) is 0 Å². The molecule has 3 heteroatoms. The molecule has 1 fully saturated rings. The lowest BCUT2D eigenvalue weighted by Crippen LogP contribution is -2.35. The van der Waals surface area contributed by atoms with Crippen molar-refractivity contribution in [3.8, 4) is 0 Å². The second-order valence-electron chi connectivity index (χ2n) is 2.95. The molecule has 2 atom stereocenters. The van der Waals surface area contributed by atoms with Crippen LogP contribution in [-0.2, 0) is 9.53 Å². The second-order valence-corrected chi connectivity index (χ2v) is 2.95. The van der Waals surface area contributed by atoms with Crippen LogP contribution in [0.2, 0.25) is 0 Å². The Morgan fingerprint density at radius 2 is 2.36 bits per heavy atom. The first-order valence-corrected chi connectivity index (χ1v) is 4.16. The highest BCUT2D eigenvalue weighted by molar-refractivity contribution is 5.76. The maximum atomic E-state index is 11.1. The minimum Gasteiger partial charge on any atom is -0.465 e. The molecular formula is C8H15NO2. The van der Waals surface area contributed by atoms with Crippen molar-refractivity contribution >= 4 is 5.97 Å². The van der Waals surface area contributed by atoms with Gasteiger partial charge >= 0.3 is 5.97 Å². The van der Waals surface area contributed by atoms with Crippen molar-refractivity contribution in [2.45, 2.75) is 38.8 Å². The van der Waals surface area contributed by atoms with E-state index in [2.05, 4.69) is 12.2 Å². The first-order valence-electron chi connectivity index (χ1n) is 4.16. The van der Waals surface area contributed by atoms with Gasteiger partial charge in [-0.05, 0) is 26.7 Å². The molecule has 0 spiro atoms. The Hall–Kier alpha value is -0.570. The molecular weight excluding hydrogens is 142 g/mol. The third-order valence-corrected chi connectivity index (χ3v) is 1.95. The molecule has 0 unspecified atom stereocenters. The Morgan fingerprint density at radius 1 is 1.64 bits per heavy atom. The third-order valence-electron chi connectivity index (χ3n) is 1.95. The van der Waals surface area contributed by atoms with Crippen LogP contribution in [0.3, 0.4) is 0 Å². The SMILES string of the molecule is CCOC(=O)[C@@H]1CC[C@H](C)N1. The zero-order valence-electron chi connectivity index (χ0n) is 7.09. The fourth-order valence-corrected chi connectivity index (χ4v) is 1.36. The molecule has 0 aliphatic carbocycles. The summed E-state index contributed by atoms with van der Waals surface area (Å²) in [5, 5.41) is 3.16. The van der Waals surface area contributed by atoms with Gasteiger partial charge < -0.3 is 10.1 Å². The van der Waals surface area contributed by atoms with Crippen LogP contribution in [0.4, 0.5) is 0 Å². The topological polar surface area (TPSA) is 38.3 Å². The highest BCUT2D eigenvalue weighted by Gasteiger charge is 2.27. The van der Waals surface area contributed by atoms with Crippen LogP contribution in [0.1, 0.15) is 26.7 Å². The van der Waals surface area contributed by atoms with Gasteiger partial charge in [-0.2, -0.15) is 0 Å². The molecule has 0 amide bonds. The molecule has 1 saturated heterocycles. The predicted molar refractivity (Wildman–Crippen MR) is 42.3 cm³/mol. The minimum absolute atomic E-state index is 0.0510. The van der Waals surface area contributed by atoms with Crippen molar-refractivity contribution in [1.29, 1.82) is 0 Å². The molecule has 3 nitrogen and oxygen atoms in total. The molecule has 0 bridgehead atoms. The van der Waals surface area contributed by atoms with Gasteiger partial charge in [-0.3, -0.25) is 4.79 Å². The van der Waals surface area contributed by atoms with Gasteiger partial charge in [0.1, 0.15) is 6.04 Å². The quantitative estimate of drug-likeness (QED) is 0.599. The Labute approximate surface area is 67.1 Å². The van der Waals surface area contributed by atoms with E-state index in [1.807, 2.05) is 6.92 Å². The normalized spacial score (nSPS) is 30.4. The van der Waals surface area contributed by atoms with Gasteiger partial charge in [0.05, 0.1) is 6.61 Å². The van der Waals surface area contributed by atoms with E-state index in [1.165, 1.54) is 0 Å². The van der Waals surface area contributed by atoms with E-state index in [9.17, 15) is 4.79 Å². The molecule has 1 aliphatic rings. The van der Waals surface area contributed by atoms with Crippen molar-refractivity contribution in [2.75, 3.05) is 6.61 Å². The molecule has 1 heterocycles. The van der Waals surface area contributed by atoms with Crippen molar-refractivity contribution in [3.63, 3.8) is 0 Å². The first-order chi connectivity index (χ1) is 5.24. The Kier molecular flexibility index (Phi) is 2.88. The third kappa shape index (κ3) is 2.19. The van der Waals surface area contributed by atoms with Gasteiger partial charge in [0.15, 0.2) is 0 Å². The Bertz CT molecular complexity index is 147. The summed E-state index contributed by atoms with van der Waals surface area (Å²) in [5.41, 5.74) is 0. The van der Waals surface area contributed by atoms with E-state index in [0.717, 1.165) is 12.8 Å². The fraction of sp³-hybridized carbons (Fsp3) is 0.875. The molecule has 1 aliphatic heterocycles. The number of ether oxygens (including phenoxy) is 1. The molecule has 0 aromatic rings. The maximum absolute atomic E-state index is 11.1. The molecule has 1 rings (SSSR count). The van der Waals surface area contributed by atoms with E-state index in [4.69, 9.17) is 4.74 Å². The summed E-state index contributed by atoms with van der Waals surface area (Å²) in [7, 11) is 0. The van der Waals surface area contributed by atoms with Gasteiger partial charge in [0.2, 0.25) is 0 Å². The van der Waals surface area contributed by atoms with Gasteiger partial charge in [0.25, 0.3) is 0 Å². The summed E-state index contributed by atoms with van der Waals surface area (Å²) < 4.78 is 4.87. The predicted octanol–water partition coefficient (Wildman–Crippen LogP) is 0.690. The summed E-state index contributed by atoms with van der Waals surface area (Å²) in [6.45, 7) is 4.39. The van der Waals surface area contributed by atoms with Crippen molar-refractivity contribution in [3.05, 3.63) is 0 Å². The Balaban J connectivity index is 2.31. The van der Waals surface area contributed by atoms with Crippen molar-refractivity contribution < 1.29 is 9.53 Å². The Morgan fingerprint density at radius 3 is 2.82 bits per heavy atom. The molecule has 11 heavy (non-hydrogen) atoms. The maximum Gasteiger partial charge on any atom is 0.323 e. The van der Waals surface area contributed by atoms with E-state index in [0.29, 0.717) is 12.6 Å². The van der Waals surface area contributed by atoms with Crippen molar-refractivity contribution in [1.82, 2.24) is 5.32 Å². The van der Waals surface area contributed by atoms with Crippen LogP contribution in [0.15, 0.2) is 0 Å². The number of carbonyl (C=O) groups is 1. The highest BCUT2D eigenvalue weighted by atomic mass is 16.5. The van der Waals surface area contributed by atoms with E-state index in [-0.39, 0.29) is 12.0 Å². The lowest BCUT2D eigenvalue weighted by Gasteiger charge is -2.09. The second kappa shape index (κ2) is 3.72. The molecule has 0 saturated carbocycles. The molecule has 0 aromatic heterocycles. The summed E-state index contributed by atoms with van der Waals surface area (Å²) in [5.74, 6) is -0.100.